The summed E-state index contributed by atoms with van der Waals surface area (Å²) in [6, 6.07) is 3.15. The Morgan fingerprint density at radius 1 is 1.41 bits per heavy atom. The quantitative estimate of drug-likeness (QED) is 0.821. The van der Waals surface area contributed by atoms with Gasteiger partial charge in [-0.25, -0.2) is 8.78 Å². The molecule has 1 heterocycles. The maximum absolute atomic E-state index is 13.0. The van der Waals surface area contributed by atoms with Crippen molar-refractivity contribution in [3.05, 3.63) is 35.4 Å². The van der Waals surface area contributed by atoms with Crippen LogP contribution >= 0.6 is 0 Å². The third-order valence-electron chi connectivity index (χ3n) is 2.97. The largest absolute Gasteiger partial charge is 0.346 e. The lowest BCUT2D eigenvalue weighted by molar-refractivity contribution is 0.0912. The van der Waals surface area contributed by atoms with Gasteiger partial charge in [0.25, 0.3) is 5.91 Å². The zero-order chi connectivity index (χ0) is 12.5. The summed E-state index contributed by atoms with van der Waals surface area (Å²) in [5.74, 6) is -2.34. The first-order valence-electron chi connectivity index (χ1n) is 5.48. The van der Waals surface area contributed by atoms with E-state index in [1.165, 1.54) is 6.07 Å². The van der Waals surface area contributed by atoms with Crippen LogP contribution in [-0.4, -0.2) is 24.5 Å². The molecule has 0 radical (unpaired) electrons. The van der Waals surface area contributed by atoms with E-state index < -0.39 is 11.6 Å². The first-order valence-corrected chi connectivity index (χ1v) is 5.48. The molecule has 0 spiro atoms. The van der Waals surface area contributed by atoms with Crippen molar-refractivity contribution >= 4 is 5.91 Å². The van der Waals surface area contributed by atoms with E-state index in [2.05, 4.69) is 10.6 Å². The van der Waals surface area contributed by atoms with E-state index in [9.17, 15) is 13.6 Å². The molecule has 1 aromatic carbocycles. The van der Waals surface area contributed by atoms with Crippen molar-refractivity contribution in [2.45, 2.75) is 18.9 Å². The van der Waals surface area contributed by atoms with Gasteiger partial charge >= 0.3 is 0 Å². The summed E-state index contributed by atoms with van der Waals surface area (Å²) in [6.45, 7) is 3.45. The van der Waals surface area contributed by atoms with Gasteiger partial charge in [-0.2, -0.15) is 0 Å². The van der Waals surface area contributed by atoms with Gasteiger partial charge in [0.2, 0.25) is 0 Å². The van der Waals surface area contributed by atoms with Gasteiger partial charge in [-0.15, -0.1) is 0 Å². The zero-order valence-corrected chi connectivity index (χ0v) is 9.52. The molecule has 2 rings (SSSR count). The van der Waals surface area contributed by atoms with Gasteiger partial charge in [0.15, 0.2) is 11.6 Å². The van der Waals surface area contributed by atoms with E-state index in [1.54, 1.807) is 0 Å². The molecule has 1 aromatic rings. The van der Waals surface area contributed by atoms with Gasteiger partial charge in [-0.3, -0.25) is 4.79 Å². The van der Waals surface area contributed by atoms with Gasteiger partial charge in [0.1, 0.15) is 0 Å². The van der Waals surface area contributed by atoms with Gasteiger partial charge in [-0.1, -0.05) is 0 Å². The van der Waals surface area contributed by atoms with Crippen molar-refractivity contribution in [2.24, 2.45) is 0 Å². The Hall–Kier alpha value is -1.49. The topological polar surface area (TPSA) is 41.1 Å². The highest BCUT2D eigenvalue weighted by atomic mass is 19.2. The Labute approximate surface area is 98.2 Å². The van der Waals surface area contributed by atoms with E-state index in [-0.39, 0.29) is 17.0 Å². The Morgan fingerprint density at radius 3 is 2.76 bits per heavy atom. The maximum Gasteiger partial charge on any atom is 0.251 e. The number of rotatable bonds is 2. The molecule has 1 fully saturated rings. The number of hydrogen-bond acceptors (Lipinski definition) is 2. The molecule has 1 aliphatic rings. The van der Waals surface area contributed by atoms with Crippen LogP contribution in [0, 0.1) is 11.6 Å². The molecule has 1 aliphatic heterocycles. The number of nitrogens with one attached hydrogen (secondary N) is 2. The molecule has 1 unspecified atom stereocenters. The monoisotopic (exact) mass is 240 g/mol. The van der Waals surface area contributed by atoms with Crippen LogP contribution in [0.1, 0.15) is 23.7 Å². The molecular formula is C12H14F2N2O. The molecule has 17 heavy (non-hydrogen) atoms. The van der Waals surface area contributed by atoms with Crippen LogP contribution in [0.25, 0.3) is 0 Å². The minimum Gasteiger partial charge on any atom is -0.346 e. The predicted octanol–water partition coefficient (Wildman–Crippen LogP) is 1.45. The number of hydrogen-bond donors (Lipinski definition) is 2. The van der Waals surface area contributed by atoms with Gasteiger partial charge in [0, 0.05) is 12.1 Å². The summed E-state index contributed by atoms with van der Waals surface area (Å²) < 4.78 is 25.7. The van der Waals surface area contributed by atoms with Crippen LogP contribution < -0.4 is 10.6 Å². The van der Waals surface area contributed by atoms with Crippen LogP contribution in [0.5, 0.6) is 0 Å². The zero-order valence-electron chi connectivity index (χ0n) is 9.52. The van der Waals surface area contributed by atoms with Crippen molar-refractivity contribution in [3.8, 4) is 0 Å². The summed E-state index contributed by atoms with van der Waals surface area (Å²) in [5.41, 5.74) is -0.181. The lowest BCUT2D eigenvalue weighted by Gasteiger charge is -2.24. The van der Waals surface area contributed by atoms with Crippen LogP contribution in [-0.2, 0) is 0 Å². The van der Waals surface area contributed by atoms with Crippen molar-refractivity contribution in [3.63, 3.8) is 0 Å². The third kappa shape index (κ3) is 2.61. The van der Waals surface area contributed by atoms with E-state index in [0.29, 0.717) is 6.54 Å². The molecule has 92 valence electrons. The molecule has 1 amide bonds. The molecule has 0 bridgehead atoms. The van der Waals surface area contributed by atoms with Gasteiger partial charge in [0.05, 0.1) is 5.54 Å². The minimum absolute atomic E-state index is 0.136. The first kappa shape index (κ1) is 12.0. The smallest absolute Gasteiger partial charge is 0.251 e. The van der Waals surface area contributed by atoms with Crippen LogP contribution in [0.2, 0.25) is 0 Å². The summed E-state index contributed by atoms with van der Waals surface area (Å²) >= 11 is 0. The molecule has 0 aliphatic carbocycles. The van der Waals surface area contributed by atoms with Crippen molar-refractivity contribution in [1.29, 1.82) is 0 Å². The first-order chi connectivity index (χ1) is 8.00. The third-order valence-corrected chi connectivity index (χ3v) is 2.97. The minimum atomic E-state index is -1.01. The fourth-order valence-electron chi connectivity index (χ4n) is 1.91. The van der Waals surface area contributed by atoms with Gasteiger partial charge < -0.3 is 10.6 Å². The highest BCUT2D eigenvalue weighted by Gasteiger charge is 2.30. The summed E-state index contributed by atoms with van der Waals surface area (Å²) in [6.07, 6.45) is 0.822. The second kappa shape index (κ2) is 4.41. The van der Waals surface area contributed by atoms with E-state index >= 15 is 0 Å². The molecule has 2 N–H and O–H groups in total. The number of amides is 1. The highest BCUT2D eigenvalue weighted by Crippen LogP contribution is 2.15. The van der Waals surface area contributed by atoms with E-state index in [0.717, 1.165) is 25.1 Å². The summed E-state index contributed by atoms with van der Waals surface area (Å²) in [4.78, 5) is 11.8. The predicted molar refractivity (Wildman–Crippen MR) is 59.7 cm³/mol. The lowest BCUT2D eigenvalue weighted by Crippen LogP contribution is -2.47. The van der Waals surface area contributed by atoms with Crippen molar-refractivity contribution < 1.29 is 13.6 Å². The SMILES string of the molecule is CC1(NC(=O)c2ccc(F)c(F)c2)CCNC1. The number of carbonyl (C=O) groups excluding carboxylic acids is 1. The van der Waals surface area contributed by atoms with Crippen molar-refractivity contribution in [2.75, 3.05) is 13.1 Å². The average Bonchev–Trinajstić information content (AvgIpc) is 2.69. The lowest BCUT2D eigenvalue weighted by atomic mass is 10.0. The summed E-state index contributed by atoms with van der Waals surface area (Å²) in [5, 5.41) is 5.97. The molecule has 1 atom stereocenters. The molecule has 5 heteroatoms. The molecule has 1 saturated heterocycles. The fourth-order valence-corrected chi connectivity index (χ4v) is 1.91. The Balaban J connectivity index is 2.11. The second-order valence-corrected chi connectivity index (χ2v) is 4.57. The van der Waals surface area contributed by atoms with Crippen LogP contribution in [0.15, 0.2) is 18.2 Å². The number of halogens is 2. The number of benzene rings is 1. The number of carbonyl (C=O) groups is 1. The highest BCUT2D eigenvalue weighted by molar-refractivity contribution is 5.94. The van der Waals surface area contributed by atoms with E-state index in [1.807, 2.05) is 6.92 Å². The fraction of sp³-hybridized carbons (Fsp3) is 0.417. The van der Waals surface area contributed by atoms with Crippen LogP contribution in [0.4, 0.5) is 8.78 Å². The second-order valence-electron chi connectivity index (χ2n) is 4.57. The standard InChI is InChI=1S/C12H14F2N2O/c1-12(4-5-15-7-12)16-11(17)8-2-3-9(13)10(14)6-8/h2-3,6,15H,4-5,7H2,1H3,(H,16,17). The van der Waals surface area contributed by atoms with Crippen molar-refractivity contribution in [1.82, 2.24) is 10.6 Å². The molecule has 0 saturated carbocycles. The molecule has 3 nitrogen and oxygen atoms in total. The normalized spacial score (nSPS) is 23.7. The summed E-state index contributed by atoms with van der Waals surface area (Å²) in [7, 11) is 0. The van der Waals surface area contributed by atoms with Gasteiger partial charge in [-0.05, 0) is 38.1 Å². The van der Waals surface area contributed by atoms with E-state index in [4.69, 9.17) is 0 Å². The Bertz CT molecular complexity index is 442. The Kier molecular flexibility index (Phi) is 3.11. The molecule has 0 aromatic heterocycles. The average molecular weight is 240 g/mol. The molecular weight excluding hydrogens is 226 g/mol. The maximum atomic E-state index is 13.0. The van der Waals surface area contributed by atoms with Crippen LogP contribution in [0.3, 0.4) is 0 Å². The Morgan fingerprint density at radius 2 is 2.18 bits per heavy atom.